The number of carbonyl (C=O) groups excluding carboxylic acids is 1. The SMILES string of the molecule is CCc1nnc(SCC(=O)O)n1CCC(=O)NC(C)(C)C. The molecule has 0 fully saturated rings. The Morgan fingerprint density at radius 1 is 1.33 bits per heavy atom. The maximum Gasteiger partial charge on any atom is 0.313 e. The van der Waals surface area contributed by atoms with Crippen molar-refractivity contribution in [3.63, 3.8) is 0 Å². The molecule has 0 aliphatic carbocycles. The fraction of sp³-hybridized carbons (Fsp3) is 0.692. The normalized spacial score (nSPS) is 11.4. The van der Waals surface area contributed by atoms with Crippen LogP contribution in [-0.2, 0) is 22.6 Å². The number of aromatic nitrogens is 3. The second-order valence-corrected chi connectivity index (χ2v) is 6.58. The zero-order valence-corrected chi connectivity index (χ0v) is 13.7. The zero-order valence-electron chi connectivity index (χ0n) is 12.8. The molecule has 8 heteroatoms. The minimum absolute atomic E-state index is 0.0487. The molecule has 1 rings (SSSR count). The van der Waals surface area contributed by atoms with Crippen LogP contribution in [0, 0.1) is 0 Å². The van der Waals surface area contributed by atoms with Crippen LogP contribution in [0.5, 0.6) is 0 Å². The summed E-state index contributed by atoms with van der Waals surface area (Å²) in [7, 11) is 0. The molecule has 0 atom stereocenters. The lowest BCUT2D eigenvalue weighted by atomic mass is 10.1. The van der Waals surface area contributed by atoms with Gasteiger partial charge in [-0.3, -0.25) is 9.59 Å². The first kappa shape index (κ1) is 17.5. The van der Waals surface area contributed by atoms with Gasteiger partial charge in [-0.15, -0.1) is 10.2 Å². The summed E-state index contributed by atoms with van der Waals surface area (Å²) in [5, 5.41) is 20.2. The van der Waals surface area contributed by atoms with Crippen molar-refractivity contribution in [3.8, 4) is 0 Å². The Bertz CT molecular complexity index is 508. The minimum atomic E-state index is -0.905. The summed E-state index contributed by atoms with van der Waals surface area (Å²) in [6.07, 6.45) is 0.991. The molecule has 0 bridgehead atoms. The van der Waals surface area contributed by atoms with E-state index in [1.807, 2.05) is 32.3 Å². The molecule has 0 spiro atoms. The van der Waals surface area contributed by atoms with Gasteiger partial charge in [0.05, 0.1) is 5.75 Å². The number of nitrogens with zero attached hydrogens (tertiary/aromatic N) is 3. The van der Waals surface area contributed by atoms with Gasteiger partial charge in [-0.2, -0.15) is 0 Å². The minimum Gasteiger partial charge on any atom is -0.481 e. The first-order valence-electron chi connectivity index (χ1n) is 6.80. The van der Waals surface area contributed by atoms with E-state index in [-0.39, 0.29) is 17.2 Å². The van der Waals surface area contributed by atoms with Gasteiger partial charge in [0.15, 0.2) is 5.16 Å². The van der Waals surface area contributed by atoms with E-state index in [9.17, 15) is 9.59 Å². The topological polar surface area (TPSA) is 97.1 Å². The summed E-state index contributed by atoms with van der Waals surface area (Å²) in [6, 6.07) is 0. The van der Waals surface area contributed by atoms with E-state index in [2.05, 4.69) is 15.5 Å². The third-order valence-corrected chi connectivity index (χ3v) is 3.46. The van der Waals surface area contributed by atoms with Gasteiger partial charge >= 0.3 is 5.97 Å². The van der Waals surface area contributed by atoms with Crippen LogP contribution >= 0.6 is 11.8 Å². The molecule has 1 aromatic heterocycles. The Labute approximate surface area is 128 Å². The highest BCUT2D eigenvalue weighted by Crippen LogP contribution is 2.17. The van der Waals surface area contributed by atoms with E-state index in [0.717, 1.165) is 17.6 Å². The van der Waals surface area contributed by atoms with Gasteiger partial charge in [-0.1, -0.05) is 18.7 Å². The van der Waals surface area contributed by atoms with Crippen molar-refractivity contribution >= 4 is 23.6 Å². The number of nitrogens with one attached hydrogen (secondary N) is 1. The number of hydrogen-bond acceptors (Lipinski definition) is 5. The van der Waals surface area contributed by atoms with E-state index in [1.54, 1.807) is 0 Å². The van der Waals surface area contributed by atoms with Crippen molar-refractivity contribution in [2.24, 2.45) is 0 Å². The number of aryl methyl sites for hydroxylation is 1. The van der Waals surface area contributed by atoms with Gasteiger partial charge in [-0.05, 0) is 20.8 Å². The van der Waals surface area contributed by atoms with Crippen LogP contribution in [0.25, 0.3) is 0 Å². The van der Waals surface area contributed by atoms with Crippen molar-refractivity contribution < 1.29 is 14.7 Å². The van der Waals surface area contributed by atoms with E-state index < -0.39 is 5.97 Å². The van der Waals surface area contributed by atoms with Crippen LogP contribution in [-0.4, -0.2) is 43.0 Å². The summed E-state index contributed by atoms with van der Waals surface area (Å²) in [5.74, 6) is -0.271. The quantitative estimate of drug-likeness (QED) is 0.737. The molecule has 0 radical (unpaired) electrons. The van der Waals surface area contributed by atoms with Crippen molar-refractivity contribution in [2.45, 2.75) is 57.8 Å². The Kier molecular flexibility index (Phi) is 6.19. The molecule has 0 saturated carbocycles. The van der Waals surface area contributed by atoms with Crippen molar-refractivity contribution in [2.75, 3.05) is 5.75 Å². The average Bonchev–Trinajstić information content (AvgIpc) is 2.73. The second-order valence-electron chi connectivity index (χ2n) is 5.63. The number of rotatable bonds is 7. The molecule has 0 aliphatic rings. The number of hydrogen-bond donors (Lipinski definition) is 2. The van der Waals surface area contributed by atoms with Crippen LogP contribution < -0.4 is 5.32 Å². The number of amides is 1. The summed E-state index contributed by atoms with van der Waals surface area (Å²) in [6.45, 7) is 8.17. The highest BCUT2D eigenvalue weighted by atomic mass is 32.2. The van der Waals surface area contributed by atoms with Gasteiger partial charge in [-0.25, -0.2) is 0 Å². The predicted molar refractivity (Wildman–Crippen MR) is 80.3 cm³/mol. The lowest BCUT2D eigenvalue weighted by Crippen LogP contribution is -2.40. The van der Waals surface area contributed by atoms with E-state index in [0.29, 0.717) is 24.5 Å². The molecule has 21 heavy (non-hydrogen) atoms. The number of aliphatic carboxylic acids is 1. The van der Waals surface area contributed by atoms with Gasteiger partial charge < -0.3 is 15.0 Å². The first-order valence-corrected chi connectivity index (χ1v) is 7.79. The first-order chi connectivity index (χ1) is 9.73. The van der Waals surface area contributed by atoms with E-state index >= 15 is 0 Å². The van der Waals surface area contributed by atoms with Crippen molar-refractivity contribution in [1.29, 1.82) is 0 Å². The molecule has 0 aliphatic heterocycles. The zero-order chi connectivity index (χ0) is 16.0. The maximum absolute atomic E-state index is 11.9. The highest BCUT2D eigenvalue weighted by Gasteiger charge is 2.16. The summed E-state index contributed by atoms with van der Waals surface area (Å²) in [5.41, 5.74) is -0.265. The fourth-order valence-electron chi connectivity index (χ4n) is 1.73. The molecule has 1 aromatic rings. The van der Waals surface area contributed by atoms with Gasteiger partial charge in [0, 0.05) is 24.9 Å². The lowest BCUT2D eigenvalue weighted by Gasteiger charge is -2.20. The lowest BCUT2D eigenvalue weighted by molar-refractivity contribution is -0.134. The number of carbonyl (C=O) groups is 2. The number of carboxylic acids is 1. The van der Waals surface area contributed by atoms with Gasteiger partial charge in [0.25, 0.3) is 0 Å². The number of carboxylic acid groups (broad SMARTS) is 1. The molecule has 1 amide bonds. The van der Waals surface area contributed by atoms with E-state index in [1.165, 1.54) is 0 Å². The molecule has 0 aromatic carbocycles. The van der Waals surface area contributed by atoms with Crippen molar-refractivity contribution in [1.82, 2.24) is 20.1 Å². The molecule has 1 heterocycles. The average molecular weight is 314 g/mol. The Morgan fingerprint density at radius 2 is 2.00 bits per heavy atom. The second kappa shape index (κ2) is 7.44. The van der Waals surface area contributed by atoms with Crippen LogP contribution in [0.15, 0.2) is 5.16 Å². The Balaban J connectivity index is 2.69. The number of thioether (sulfide) groups is 1. The molecular formula is C13H22N4O3S. The predicted octanol–water partition coefficient (Wildman–Crippen LogP) is 1.32. The van der Waals surface area contributed by atoms with Crippen LogP contribution in [0.2, 0.25) is 0 Å². The fourth-order valence-corrected chi connectivity index (χ4v) is 2.44. The van der Waals surface area contributed by atoms with E-state index in [4.69, 9.17) is 5.11 Å². The molecular weight excluding hydrogens is 292 g/mol. The molecule has 7 nitrogen and oxygen atoms in total. The Hall–Kier alpha value is -1.57. The highest BCUT2D eigenvalue weighted by molar-refractivity contribution is 7.99. The summed E-state index contributed by atoms with van der Waals surface area (Å²) < 4.78 is 1.82. The largest absolute Gasteiger partial charge is 0.481 e. The van der Waals surface area contributed by atoms with Gasteiger partial charge in [0.1, 0.15) is 5.82 Å². The van der Waals surface area contributed by atoms with Crippen LogP contribution in [0.1, 0.15) is 39.9 Å². The summed E-state index contributed by atoms with van der Waals surface area (Å²) in [4.78, 5) is 22.5. The molecule has 0 unspecified atom stereocenters. The third-order valence-electron chi connectivity index (χ3n) is 2.51. The molecule has 2 N–H and O–H groups in total. The molecule has 118 valence electrons. The summed E-state index contributed by atoms with van der Waals surface area (Å²) >= 11 is 1.11. The Morgan fingerprint density at radius 3 is 2.52 bits per heavy atom. The van der Waals surface area contributed by atoms with Crippen LogP contribution in [0.4, 0.5) is 0 Å². The monoisotopic (exact) mass is 314 g/mol. The molecule has 0 saturated heterocycles. The van der Waals surface area contributed by atoms with Crippen LogP contribution in [0.3, 0.4) is 0 Å². The van der Waals surface area contributed by atoms with Crippen molar-refractivity contribution in [3.05, 3.63) is 5.82 Å². The maximum atomic E-state index is 11.9. The smallest absolute Gasteiger partial charge is 0.313 e. The third kappa shape index (κ3) is 6.16. The standard InChI is InChI=1S/C13H22N4O3S/c1-5-9-15-16-12(21-8-11(19)20)17(9)7-6-10(18)14-13(2,3)4/h5-8H2,1-4H3,(H,14,18)(H,19,20). The van der Waals surface area contributed by atoms with Gasteiger partial charge in [0.2, 0.25) is 5.91 Å².